The zero-order valence-electron chi connectivity index (χ0n) is 12.6. The smallest absolute Gasteiger partial charge is 0.199 e. The highest BCUT2D eigenvalue weighted by Crippen LogP contribution is 2.80. The van der Waals surface area contributed by atoms with Gasteiger partial charge < -0.3 is 0 Å². The van der Waals surface area contributed by atoms with Crippen LogP contribution in [0.15, 0.2) is 46.2 Å². The molecule has 23 heavy (non-hydrogen) atoms. The number of hydrogen-bond donors (Lipinski definition) is 0. The molecular weight excluding hydrogens is 308 g/mol. The maximum Gasteiger partial charge on any atom is 0.199 e. The van der Waals surface area contributed by atoms with Crippen molar-refractivity contribution in [2.75, 3.05) is 0 Å². The Morgan fingerprint density at radius 1 is 0.826 bits per heavy atom. The van der Waals surface area contributed by atoms with Gasteiger partial charge in [-0.05, 0) is 60.5 Å². The average Bonchev–Trinajstić information content (AvgIpc) is 3.14. The second kappa shape index (κ2) is 3.80. The summed E-state index contributed by atoms with van der Waals surface area (Å²) in [6, 6.07) is 8.73. The molecule has 0 spiro atoms. The maximum atomic E-state index is 12.8. The highest BCUT2D eigenvalue weighted by molar-refractivity contribution is 7.94. The van der Waals surface area contributed by atoms with Crippen molar-refractivity contribution < 1.29 is 13.2 Å². The summed E-state index contributed by atoms with van der Waals surface area (Å²) >= 11 is 0. The molecule has 8 atom stereocenters. The second-order valence-electron chi connectivity index (χ2n) is 8.09. The van der Waals surface area contributed by atoms with Crippen LogP contribution >= 0.6 is 0 Å². The van der Waals surface area contributed by atoms with Crippen LogP contribution in [0.5, 0.6) is 0 Å². The van der Waals surface area contributed by atoms with E-state index in [0.29, 0.717) is 46.2 Å². The Bertz CT molecular complexity index is 835. The Morgan fingerprint density at radius 2 is 1.35 bits per heavy atom. The van der Waals surface area contributed by atoms with E-state index in [1.807, 2.05) is 6.07 Å². The van der Waals surface area contributed by atoms with Crippen molar-refractivity contribution in [3.05, 3.63) is 41.3 Å². The van der Waals surface area contributed by atoms with Crippen LogP contribution in [0.4, 0.5) is 0 Å². The lowest BCUT2D eigenvalue weighted by Crippen LogP contribution is -2.41. The predicted octanol–water partition coefficient (Wildman–Crippen LogP) is 2.69. The van der Waals surface area contributed by atoms with Crippen molar-refractivity contribution in [1.29, 1.82) is 0 Å². The molecule has 0 N–H and O–H groups in total. The van der Waals surface area contributed by atoms with E-state index in [-0.39, 0.29) is 11.8 Å². The van der Waals surface area contributed by atoms with E-state index >= 15 is 0 Å². The van der Waals surface area contributed by atoms with Crippen molar-refractivity contribution in [1.82, 2.24) is 0 Å². The first-order chi connectivity index (χ1) is 11.1. The van der Waals surface area contributed by atoms with Crippen molar-refractivity contribution in [2.24, 2.45) is 47.3 Å². The van der Waals surface area contributed by atoms with Crippen molar-refractivity contribution in [2.45, 2.75) is 17.7 Å². The summed E-state index contributed by atoms with van der Waals surface area (Å²) in [5, 5.41) is 1.59. The fourth-order valence-electron chi connectivity index (χ4n) is 7.11. The third-order valence-electron chi connectivity index (χ3n) is 7.60. The SMILES string of the molecule is O=C1[C@@H]2C[C@H]3C(=CS(=O)(=O)c4ccccc4)[C@H]4C[C@@H]1[C@H]1[C@H]4[C@@H]3[C@@H]12. The first-order valence-corrected chi connectivity index (χ1v) is 10.2. The number of Topliss-reactive ketones (excluding diaryl/α,β-unsaturated/α-hetero) is 1. The van der Waals surface area contributed by atoms with Crippen LogP contribution in [0.1, 0.15) is 12.8 Å². The molecule has 0 saturated heterocycles. The standard InChI is InChI=1S/C19H18O3S/c20-19-12-6-10-14(8-23(21,22)9-4-2-1-3-5-9)11-7-13(19)18-16(11)15(10)17(12)18/h1-5,8,10-13,15-18H,6-7H2/t10-,11+,12-,13-,15-,16-,17+,18+/m1/s1. The lowest BCUT2D eigenvalue weighted by atomic mass is 9.60. The molecule has 0 bridgehead atoms. The minimum absolute atomic E-state index is 0.250. The number of hydrogen-bond acceptors (Lipinski definition) is 3. The lowest BCUT2D eigenvalue weighted by Gasteiger charge is -2.43. The first kappa shape index (κ1) is 12.9. The van der Waals surface area contributed by atoms with Crippen LogP contribution in [0.3, 0.4) is 0 Å². The summed E-state index contributed by atoms with van der Waals surface area (Å²) in [6.07, 6.45) is 1.84. The van der Waals surface area contributed by atoms with Crippen LogP contribution in [0, 0.1) is 47.3 Å². The van der Waals surface area contributed by atoms with Crippen LogP contribution in [-0.4, -0.2) is 14.2 Å². The predicted molar refractivity (Wildman–Crippen MR) is 83.9 cm³/mol. The molecule has 0 heterocycles. The van der Waals surface area contributed by atoms with Crippen molar-refractivity contribution >= 4 is 15.6 Å². The Labute approximate surface area is 135 Å². The Hall–Kier alpha value is -1.42. The van der Waals surface area contributed by atoms with E-state index < -0.39 is 9.84 Å². The summed E-state index contributed by atoms with van der Waals surface area (Å²) < 4.78 is 25.6. The van der Waals surface area contributed by atoms with E-state index in [2.05, 4.69) is 0 Å². The van der Waals surface area contributed by atoms with Crippen LogP contribution in [0.2, 0.25) is 0 Å². The molecule has 0 unspecified atom stereocenters. The zero-order chi connectivity index (χ0) is 15.5. The number of benzene rings is 1. The third kappa shape index (κ3) is 1.31. The summed E-state index contributed by atoms with van der Waals surface area (Å²) in [5.41, 5.74) is 1.16. The van der Waals surface area contributed by atoms with E-state index in [4.69, 9.17) is 0 Å². The quantitative estimate of drug-likeness (QED) is 0.839. The van der Waals surface area contributed by atoms with Gasteiger partial charge in [0.15, 0.2) is 9.84 Å². The lowest BCUT2D eigenvalue weighted by molar-refractivity contribution is -0.124. The highest BCUT2D eigenvalue weighted by Gasteiger charge is 2.78. The van der Waals surface area contributed by atoms with Crippen LogP contribution in [-0.2, 0) is 14.6 Å². The minimum atomic E-state index is -3.37. The van der Waals surface area contributed by atoms with Gasteiger partial charge in [0, 0.05) is 17.2 Å². The molecule has 5 aliphatic rings. The summed E-state index contributed by atoms with van der Waals surface area (Å²) in [6.45, 7) is 0. The molecule has 3 nitrogen and oxygen atoms in total. The van der Waals surface area contributed by atoms with Gasteiger partial charge >= 0.3 is 0 Å². The highest BCUT2D eigenvalue weighted by atomic mass is 32.2. The second-order valence-corrected chi connectivity index (χ2v) is 9.88. The molecule has 0 amide bonds. The summed E-state index contributed by atoms with van der Waals surface area (Å²) in [4.78, 5) is 12.9. The molecule has 5 fully saturated rings. The normalized spacial score (nSPS) is 49.9. The number of sulfone groups is 1. The number of carbonyl (C=O) groups is 1. The zero-order valence-corrected chi connectivity index (χ0v) is 13.4. The fraction of sp³-hybridized carbons (Fsp3) is 0.526. The molecule has 0 aliphatic heterocycles. The van der Waals surface area contributed by atoms with E-state index in [1.54, 1.807) is 29.7 Å². The van der Waals surface area contributed by atoms with Gasteiger partial charge in [0.1, 0.15) is 5.78 Å². The molecule has 0 aromatic heterocycles. The average molecular weight is 326 g/mol. The maximum absolute atomic E-state index is 12.8. The Kier molecular flexibility index (Phi) is 2.14. The van der Waals surface area contributed by atoms with E-state index in [1.165, 1.54) is 0 Å². The minimum Gasteiger partial charge on any atom is -0.299 e. The van der Waals surface area contributed by atoms with Gasteiger partial charge in [-0.3, -0.25) is 4.79 Å². The topological polar surface area (TPSA) is 51.2 Å². The van der Waals surface area contributed by atoms with Gasteiger partial charge in [-0.25, -0.2) is 8.42 Å². The van der Waals surface area contributed by atoms with Gasteiger partial charge in [0.2, 0.25) is 0 Å². The Morgan fingerprint density at radius 3 is 1.91 bits per heavy atom. The van der Waals surface area contributed by atoms with Gasteiger partial charge in [0.05, 0.1) is 4.90 Å². The first-order valence-electron chi connectivity index (χ1n) is 8.63. The molecule has 1 aromatic rings. The molecule has 6 rings (SSSR count). The fourth-order valence-corrected chi connectivity index (χ4v) is 8.49. The van der Waals surface area contributed by atoms with Crippen molar-refractivity contribution in [3.63, 3.8) is 0 Å². The summed E-state index contributed by atoms with van der Waals surface area (Å²) in [7, 11) is -3.37. The van der Waals surface area contributed by atoms with Crippen LogP contribution < -0.4 is 0 Å². The van der Waals surface area contributed by atoms with Gasteiger partial charge in [-0.1, -0.05) is 23.8 Å². The van der Waals surface area contributed by atoms with Crippen LogP contribution in [0.25, 0.3) is 0 Å². The Balaban J connectivity index is 1.47. The number of ketones is 1. The molecule has 1 aromatic carbocycles. The molecule has 5 saturated carbocycles. The molecule has 118 valence electrons. The molecule has 0 radical (unpaired) electrons. The van der Waals surface area contributed by atoms with Gasteiger partial charge in [-0.15, -0.1) is 0 Å². The monoisotopic (exact) mass is 326 g/mol. The van der Waals surface area contributed by atoms with Gasteiger partial charge in [-0.2, -0.15) is 0 Å². The molecule has 4 heteroatoms. The number of carbonyl (C=O) groups excluding carboxylic acids is 1. The van der Waals surface area contributed by atoms with Crippen molar-refractivity contribution in [3.8, 4) is 0 Å². The molecule has 5 aliphatic carbocycles. The molecular formula is C19H18O3S. The third-order valence-corrected chi connectivity index (χ3v) is 9.11. The van der Waals surface area contributed by atoms with Gasteiger partial charge in [0.25, 0.3) is 0 Å². The number of allylic oxidation sites excluding steroid dienone is 1. The van der Waals surface area contributed by atoms with E-state index in [0.717, 1.165) is 18.4 Å². The van der Waals surface area contributed by atoms with E-state index in [9.17, 15) is 13.2 Å². The summed E-state index contributed by atoms with van der Waals surface area (Å²) in [5.74, 6) is 4.16. The largest absolute Gasteiger partial charge is 0.299 e. The number of rotatable bonds is 2.